The van der Waals surface area contributed by atoms with E-state index >= 15 is 0 Å². The third-order valence-electron chi connectivity index (χ3n) is 5.46. The van der Waals surface area contributed by atoms with Gasteiger partial charge in [0, 0.05) is 12.1 Å². The molecule has 2 nitrogen and oxygen atoms in total. The highest BCUT2D eigenvalue weighted by molar-refractivity contribution is 5.85. The average molecular weight is 273 g/mol. The van der Waals surface area contributed by atoms with E-state index in [1.807, 2.05) is 0 Å². The van der Waals surface area contributed by atoms with Crippen LogP contribution < -0.4 is 5.32 Å². The molecule has 0 aromatic heterocycles. The fourth-order valence-corrected chi connectivity index (χ4v) is 4.43. The summed E-state index contributed by atoms with van der Waals surface area (Å²) in [6, 6.07) is 0. The van der Waals surface area contributed by atoms with Gasteiger partial charge in [-0.3, -0.25) is 4.90 Å². The van der Waals surface area contributed by atoms with Crippen LogP contribution in [0, 0.1) is 5.92 Å². The van der Waals surface area contributed by atoms with Crippen LogP contribution in [0.4, 0.5) is 0 Å². The molecule has 0 radical (unpaired) electrons. The highest BCUT2D eigenvalue weighted by Gasteiger charge is 2.41. The summed E-state index contributed by atoms with van der Waals surface area (Å²) in [5.74, 6) is 0.980. The second kappa shape index (κ2) is 6.58. The van der Waals surface area contributed by atoms with E-state index in [-0.39, 0.29) is 12.4 Å². The Morgan fingerprint density at radius 3 is 2.33 bits per heavy atom. The summed E-state index contributed by atoms with van der Waals surface area (Å²) in [6.45, 7) is 5.31. The lowest BCUT2D eigenvalue weighted by molar-refractivity contribution is 0.0710. The standard InChI is InChI=1S/C15H28N2.ClH/c1-2-7-15(8-3-1)9-4-12-17(15)13-14-5-10-16-11-6-14;/h14,16H,1-13H2;1H. The lowest BCUT2D eigenvalue weighted by Gasteiger charge is -2.43. The van der Waals surface area contributed by atoms with E-state index in [0.717, 1.165) is 5.92 Å². The largest absolute Gasteiger partial charge is 0.317 e. The molecule has 2 saturated heterocycles. The van der Waals surface area contributed by atoms with Crippen LogP contribution in [0.1, 0.15) is 57.8 Å². The molecule has 2 heterocycles. The third-order valence-corrected chi connectivity index (χ3v) is 5.46. The first-order chi connectivity index (χ1) is 8.39. The van der Waals surface area contributed by atoms with E-state index in [4.69, 9.17) is 0 Å². The van der Waals surface area contributed by atoms with Crippen LogP contribution in [-0.2, 0) is 0 Å². The summed E-state index contributed by atoms with van der Waals surface area (Å²) in [5.41, 5.74) is 0.656. The quantitative estimate of drug-likeness (QED) is 0.831. The van der Waals surface area contributed by atoms with Crippen molar-refractivity contribution in [1.82, 2.24) is 10.2 Å². The predicted octanol–water partition coefficient (Wildman–Crippen LogP) is 3.21. The second-order valence-electron chi connectivity index (χ2n) is 6.53. The second-order valence-corrected chi connectivity index (χ2v) is 6.53. The molecular weight excluding hydrogens is 244 g/mol. The zero-order valence-electron chi connectivity index (χ0n) is 11.6. The number of nitrogens with one attached hydrogen (secondary N) is 1. The van der Waals surface area contributed by atoms with Gasteiger partial charge in [-0.15, -0.1) is 12.4 Å². The van der Waals surface area contributed by atoms with Crippen LogP contribution in [0.5, 0.6) is 0 Å². The van der Waals surface area contributed by atoms with Crippen molar-refractivity contribution in [1.29, 1.82) is 0 Å². The van der Waals surface area contributed by atoms with Gasteiger partial charge in [0.15, 0.2) is 0 Å². The molecule has 0 aromatic carbocycles. The Bertz CT molecular complexity index is 245. The van der Waals surface area contributed by atoms with E-state index < -0.39 is 0 Å². The minimum atomic E-state index is 0. The van der Waals surface area contributed by atoms with Crippen molar-refractivity contribution in [2.75, 3.05) is 26.2 Å². The smallest absolute Gasteiger partial charge is 0.0210 e. The summed E-state index contributed by atoms with van der Waals surface area (Å²) in [6.07, 6.45) is 13.2. The van der Waals surface area contributed by atoms with Crippen molar-refractivity contribution in [3.63, 3.8) is 0 Å². The lowest BCUT2D eigenvalue weighted by Crippen LogP contribution is -2.48. The fourth-order valence-electron chi connectivity index (χ4n) is 4.43. The van der Waals surface area contributed by atoms with E-state index in [1.54, 1.807) is 0 Å². The van der Waals surface area contributed by atoms with Gasteiger partial charge in [-0.25, -0.2) is 0 Å². The molecule has 3 heteroatoms. The van der Waals surface area contributed by atoms with Gasteiger partial charge in [-0.05, 0) is 64.1 Å². The number of rotatable bonds is 2. The molecule has 3 rings (SSSR count). The number of halogens is 1. The van der Waals surface area contributed by atoms with Crippen molar-refractivity contribution < 1.29 is 0 Å². The molecular formula is C15H29ClN2. The first-order valence-electron chi connectivity index (χ1n) is 7.85. The van der Waals surface area contributed by atoms with Crippen LogP contribution >= 0.6 is 12.4 Å². The van der Waals surface area contributed by atoms with Crippen LogP contribution in [0.15, 0.2) is 0 Å². The molecule has 0 atom stereocenters. The minimum absolute atomic E-state index is 0. The van der Waals surface area contributed by atoms with Crippen LogP contribution in [0.25, 0.3) is 0 Å². The number of hydrogen-bond donors (Lipinski definition) is 1. The van der Waals surface area contributed by atoms with Crippen molar-refractivity contribution in [3.05, 3.63) is 0 Å². The molecule has 106 valence electrons. The van der Waals surface area contributed by atoms with Gasteiger partial charge in [0.1, 0.15) is 0 Å². The molecule has 1 aliphatic carbocycles. The van der Waals surface area contributed by atoms with Crippen LogP contribution in [-0.4, -0.2) is 36.6 Å². The number of hydrogen-bond acceptors (Lipinski definition) is 2. The Morgan fingerprint density at radius 2 is 1.61 bits per heavy atom. The summed E-state index contributed by atoms with van der Waals surface area (Å²) >= 11 is 0. The number of piperidine rings is 1. The first kappa shape index (κ1) is 14.6. The van der Waals surface area contributed by atoms with Gasteiger partial charge in [-0.2, -0.15) is 0 Å². The van der Waals surface area contributed by atoms with Gasteiger partial charge in [0.05, 0.1) is 0 Å². The number of likely N-dealkylation sites (tertiary alicyclic amines) is 1. The molecule has 1 spiro atoms. The number of nitrogens with zero attached hydrogens (tertiary/aromatic N) is 1. The van der Waals surface area contributed by atoms with Crippen molar-refractivity contribution >= 4 is 12.4 Å². The Balaban J connectivity index is 0.00000120. The molecule has 3 aliphatic rings. The van der Waals surface area contributed by atoms with Gasteiger partial charge in [-0.1, -0.05) is 19.3 Å². The molecule has 18 heavy (non-hydrogen) atoms. The molecule has 2 aliphatic heterocycles. The van der Waals surface area contributed by atoms with Crippen molar-refractivity contribution in [2.24, 2.45) is 5.92 Å². The van der Waals surface area contributed by atoms with Gasteiger partial charge < -0.3 is 5.32 Å². The fraction of sp³-hybridized carbons (Fsp3) is 1.00. The third kappa shape index (κ3) is 3.02. The molecule has 0 unspecified atom stereocenters. The highest BCUT2D eigenvalue weighted by Crippen LogP contribution is 2.42. The molecule has 0 amide bonds. The molecule has 0 bridgehead atoms. The van der Waals surface area contributed by atoms with Crippen molar-refractivity contribution in [2.45, 2.75) is 63.3 Å². The van der Waals surface area contributed by atoms with Crippen LogP contribution in [0.3, 0.4) is 0 Å². The molecule has 0 aromatic rings. The maximum absolute atomic E-state index is 3.49. The topological polar surface area (TPSA) is 15.3 Å². The predicted molar refractivity (Wildman–Crippen MR) is 79.5 cm³/mol. The zero-order valence-corrected chi connectivity index (χ0v) is 12.4. The van der Waals surface area contributed by atoms with Crippen LogP contribution in [0.2, 0.25) is 0 Å². The maximum Gasteiger partial charge on any atom is 0.0210 e. The molecule has 1 saturated carbocycles. The normalized spacial score (nSPS) is 29.3. The Morgan fingerprint density at radius 1 is 0.944 bits per heavy atom. The Hall–Kier alpha value is 0.210. The average Bonchev–Trinajstić information content (AvgIpc) is 2.74. The maximum atomic E-state index is 3.49. The van der Waals surface area contributed by atoms with Gasteiger partial charge in [0.2, 0.25) is 0 Å². The Labute approximate surface area is 118 Å². The van der Waals surface area contributed by atoms with E-state index in [0.29, 0.717) is 5.54 Å². The van der Waals surface area contributed by atoms with E-state index in [9.17, 15) is 0 Å². The SMILES string of the molecule is C1CCC2(CC1)CCCN2CC1CCNCC1.Cl. The summed E-state index contributed by atoms with van der Waals surface area (Å²) in [7, 11) is 0. The summed E-state index contributed by atoms with van der Waals surface area (Å²) < 4.78 is 0. The highest BCUT2D eigenvalue weighted by atomic mass is 35.5. The summed E-state index contributed by atoms with van der Waals surface area (Å²) in [5, 5.41) is 3.49. The van der Waals surface area contributed by atoms with E-state index in [1.165, 1.54) is 84.0 Å². The minimum Gasteiger partial charge on any atom is -0.317 e. The van der Waals surface area contributed by atoms with E-state index in [2.05, 4.69) is 10.2 Å². The first-order valence-corrected chi connectivity index (χ1v) is 7.85. The Kier molecular flexibility index (Phi) is 5.35. The summed E-state index contributed by atoms with van der Waals surface area (Å²) in [4.78, 5) is 2.90. The monoisotopic (exact) mass is 272 g/mol. The lowest BCUT2D eigenvalue weighted by atomic mass is 9.79. The zero-order chi connectivity index (χ0) is 11.6. The molecule has 3 fully saturated rings. The van der Waals surface area contributed by atoms with Crippen molar-refractivity contribution in [3.8, 4) is 0 Å². The van der Waals surface area contributed by atoms with Gasteiger partial charge in [0.25, 0.3) is 0 Å². The molecule has 1 N–H and O–H groups in total. The van der Waals surface area contributed by atoms with Gasteiger partial charge >= 0.3 is 0 Å².